The van der Waals surface area contributed by atoms with E-state index < -0.39 is 20.1 Å². The van der Waals surface area contributed by atoms with Crippen molar-refractivity contribution in [1.82, 2.24) is 5.32 Å². The van der Waals surface area contributed by atoms with Crippen molar-refractivity contribution in [3.05, 3.63) is 47.5 Å². The largest absolute Gasteiger partial charge is 0.362 e. The first kappa shape index (κ1) is 18.7. The third kappa shape index (κ3) is 2.50. The van der Waals surface area contributed by atoms with Gasteiger partial charge in [-0.05, 0) is 62.1 Å². The maximum absolute atomic E-state index is 13.1. The van der Waals surface area contributed by atoms with Gasteiger partial charge < -0.3 is 5.32 Å². The number of sulfone groups is 1. The molecule has 3 atom stereocenters. The van der Waals surface area contributed by atoms with Crippen LogP contribution >= 0.6 is 11.3 Å². The molecular weight excluding hydrogens is 400 g/mol. The quantitative estimate of drug-likeness (QED) is 0.571. The molecule has 2 aliphatic rings. The first-order valence-electron chi connectivity index (χ1n) is 9.69. The standard InChI is InChI=1S/C23H22N2O2S2/c1-4-5-15-6-8-19-17(10-15)18-11-16(7-9-20(18)28-19)22(3)13-29(26,27)23(12-14(23)2)21(24)25-22/h6-11,14H,12-13H2,1-3H3,(H2,24,25)/t14-,22+,23-/m1/s1. The number of benzene rings is 2. The average Bonchev–Trinajstić information content (AvgIpc) is 3.22. The van der Waals surface area contributed by atoms with Crippen LogP contribution in [0.1, 0.15) is 38.3 Å². The summed E-state index contributed by atoms with van der Waals surface area (Å²) in [7, 11) is -3.40. The Kier molecular flexibility index (Phi) is 3.76. The van der Waals surface area contributed by atoms with Gasteiger partial charge in [0.2, 0.25) is 0 Å². The molecule has 1 aromatic heterocycles. The van der Waals surface area contributed by atoms with Crippen molar-refractivity contribution in [2.24, 2.45) is 5.92 Å². The van der Waals surface area contributed by atoms with Crippen LogP contribution in [0.3, 0.4) is 0 Å². The van der Waals surface area contributed by atoms with E-state index in [9.17, 15) is 8.42 Å². The van der Waals surface area contributed by atoms with Gasteiger partial charge in [0.15, 0.2) is 9.84 Å². The Morgan fingerprint density at radius 3 is 2.45 bits per heavy atom. The molecule has 2 N–H and O–H groups in total. The number of hydrogen-bond donors (Lipinski definition) is 2. The lowest BCUT2D eigenvalue weighted by Gasteiger charge is -2.40. The van der Waals surface area contributed by atoms with Crippen LogP contribution in [0.25, 0.3) is 20.2 Å². The molecule has 148 valence electrons. The van der Waals surface area contributed by atoms with Gasteiger partial charge in [0.05, 0.1) is 11.3 Å². The minimum absolute atomic E-state index is 0.00680. The lowest BCUT2D eigenvalue weighted by Crippen LogP contribution is -2.61. The summed E-state index contributed by atoms with van der Waals surface area (Å²) in [6.07, 6.45) is 0.548. The molecule has 2 heterocycles. The number of rotatable bonds is 1. The predicted molar refractivity (Wildman–Crippen MR) is 120 cm³/mol. The lowest BCUT2D eigenvalue weighted by atomic mass is 9.91. The molecule has 5 rings (SSSR count). The summed E-state index contributed by atoms with van der Waals surface area (Å²) >= 11 is 1.72. The Bertz CT molecular complexity index is 1380. The molecule has 6 heteroatoms. The molecule has 0 bridgehead atoms. The predicted octanol–water partition coefficient (Wildman–Crippen LogP) is 4.41. The molecule has 3 aromatic rings. The van der Waals surface area contributed by atoms with Gasteiger partial charge >= 0.3 is 0 Å². The SMILES string of the molecule is CC#Cc1ccc2sc3ccc([C@]4(C)CS(=O)(=O)[C@@]5(C[C@H]5C)C(=N)N4)cc3c2c1. The molecule has 0 amide bonds. The summed E-state index contributed by atoms with van der Waals surface area (Å²) in [5.41, 5.74) is 1.06. The highest BCUT2D eigenvalue weighted by Crippen LogP contribution is 2.54. The Labute approximate surface area is 174 Å². The van der Waals surface area contributed by atoms with Crippen molar-refractivity contribution in [2.45, 2.75) is 37.5 Å². The highest BCUT2D eigenvalue weighted by molar-refractivity contribution is 7.94. The highest BCUT2D eigenvalue weighted by atomic mass is 32.2. The van der Waals surface area contributed by atoms with Crippen LogP contribution in [0, 0.1) is 23.2 Å². The van der Waals surface area contributed by atoms with E-state index in [-0.39, 0.29) is 17.5 Å². The van der Waals surface area contributed by atoms with Gasteiger partial charge in [-0.2, -0.15) is 0 Å². The first-order chi connectivity index (χ1) is 13.7. The molecular formula is C23H22N2O2S2. The second kappa shape index (κ2) is 5.84. The molecule has 4 nitrogen and oxygen atoms in total. The zero-order valence-electron chi connectivity index (χ0n) is 16.6. The summed E-state index contributed by atoms with van der Waals surface area (Å²) in [6, 6.07) is 12.4. The van der Waals surface area contributed by atoms with Crippen LogP contribution in [0.4, 0.5) is 0 Å². The van der Waals surface area contributed by atoms with Gasteiger partial charge in [0.25, 0.3) is 0 Å². The Balaban J connectivity index is 1.65. The zero-order valence-corrected chi connectivity index (χ0v) is 18.2. The fraction of sp³-hybridized carbons (Fsp3) is 0.348. The molecule has 2 aromatic carbocycles. The second-order valence-corrected chi connectivity index (χ2v) is 11.8. The van der Waals surface area contributed by atoms with Crippen LogP contribution in [0.15, 0.2) is 36.4 Å². The molecule has 0 unspecified atom stereocenters. The van der Waals surface area contributed by atoms with Crippen molar-refractivity contribution >= 4 is 47.2 Å². The Hall–Kier alpha value is -2.36. The summed E-state index contributed by atoms with van der Waals surface area (Å²) in [5.74, 6) is 6.22. The minimum Gasteiger partial charge on any atom is -0.362 e. The summed E-state index contributed by atoms with van der Waals surface area (Å²) in [6.45, 7) is 5.63. The van der Waals surface area contributed by atoms with E-state index in [1.54, 1.807) is 11.3 Å². The van der Waals surface area contributed by atoms with Crippen LogP contribution in [0.2, 0.25) is 0 Å². The van der Waals surface area contributed by atoms with Gasteiger partial charge in [-0.3, -0.25) is 5.41 Å². The Morgan fingerprint density at radius 1 is 1.17 bits per heavy atom. The van der Waals surface area contributed by atoms with Gasteiger partial charge in [0, 0.05) is 25.7 Å². The van der Waals surface area contributed by atoms with E-state index in [0.29, 0.717) is 6.42 Å². The van der Waals surface area contributed by atoms with E-state index in [0.717, 1.165) is 26.6 Å². The normalized spacial score (nSPS) is 30.2. The number of amidine groups is 1. The van der Waals surface area contributed by atoms with Crippen LogP contribution in [0.5, 0.6) is 0 Å². The van der Waals surface area contributed by atoms with Crippen molar-refractivity contribution < 1.29 is 8.42 Å². The molecule has 0 radical (unpaired) electrons. The topological polar surface area (TPSA) is 70.0 Å². The average molecular weight is 423 g/mol. The molecule has 1 aliphatic heterocycles. The van der Waals surface area contributed by atoms with Gasteiger partial charge in [-0.25, -0.2) is 8.42 Å². The number of nitrogens with one attached hydrogen (secondary N) is 2. The summed E-state index contributed by atoms with van der Waals surface area (Å²) in [4.78, 5) is 0. The van der Waals surface area contributed by atoms with E-state index in [1.165, 1.54) is 4.70 Å². The van der Waals surface area contributed by atoms with E-state index in [1.807, 2.05) is 32.9 Å². The maximum Gasteiger partial charge on any atom is 0.166 e. The van der Waals surface area contributed by atoms with Crippen LogP contribution < -0.4 is 5.32 Å². The third-order valence-electron chi connectivity index (χ3n) is 6.48. The third-order valence-corrected chi connectivity index (χ3v) is 10.5. The van der Waals surface area contributed by atoms with Crippen molar-refractivity contribution in [3.63, 3.8) is 0 Å². The molecule has 1 spiro atoms. The fourth-order valence-electron chi connectivity index (χ4n) is 4.76. The van der Waals surface area contributed by atoms with E-state index in [4.69, 9.17) is 5.41 Å². The van der Waals surface area contributed by atoms with Gasteiger partial charge in [-0.1, -0.05) is 18.9 Å². The number of thiophene rings is 1. The van der Waals surface area contributed by atoms with Gasteiger partial charge in [-0.15, -0.1) is 17.3 Å². The van der Waals surface area contributed by atoms with Gasteiger partial charge in [0.1, 0.15) is 10.6 Å². The fourth-order valence-corrected chi connectivity index (χ4v) is 8.56. The molecule has 1 aliphatic carbocycles. The molecule has 1 saturated heterocycles. The maximum atomic E-state index is 13.1. The molecule has 1 saturated carbocycles. The van der Waals surface area contributed by atoms with E-state index in [2.05, 4.69) is 41.4 Å². The minimum atomic E-state index is -3.40. The summed E-state index contributed by atoms with van der Waals surface area (Å²) < 4.78 is 27.6. The molecule has 29 heavy (non-hydrogen) atoms. The number of hydrogen-bond acceptors (Lipinski definition) is 4. The van der Waals surface area contributed by atoms with Crippen LogP contribution in [-0.4, -0.2) is 24.8 Å². The van der Waals surface area contributed by atoms with E-state index >= 15 is 0 Å². The monoisotopic (exact) mass is 422 g/mol. The van der Waals surface area contributed by atoms with Crippen LogP contribution in [-0.2, 0) is 15.4 Å². The zero-order chi connectivity index (χ0) is 20.6. The van der Waals surface area contributed by atoms with Crippen molar-refractivity contribution in [3.8, 4) is 11.8 Å². The number of fused-ring (bicyclic) bond motifs is 3. The summed E-state index contributed by atoms with van der Waals surface area (Å²) in [5, 5.41) is 14.0. The lowest BCUT2D eigenvalue weighted by molar-refractivity contribution is 0.452. The second-order valence-electron chi connectivity index (χ2n) is 8.48. The smallest absolute Gasteiger partial charge is 0.166 e. The highest BCUT2D eigenvalue weighted by Gasteiger charge is 2.68. The van der Waals surface area contributed by atoms with Crippen molar-refractivity contribution in [2.75, 3.05) is 5.75 Å². The Morgan fingerprint density at radius 2 is 1.83 bits per heavy atom. The van der Waals surface area contributed by atoms with Crippen molar-refractivity contribution in [1.29, 1.82) is 5.41 Å². The first-order valence-corrected chi connectivity index (χ1v) is 12.2. The molecule has 2 fully saturated rings.